The maximum Gasteiger partial charge on any atom is 0.409 e. The summed E-state index contributed by atoms with van der Waals surface area (Å²) in [5.41, 5.74) is 0.588. The molecule has 0 aromatic heterocycles. The Kier molecular flexibility index (Phi) is 4.88. The van der Waals surface area contributed by atoms with Crippen LogP contribution in [0.2, 0.25) is 0 Å². The van der Waals surface area contributed by atoms with Crippen LogP contribution in [0.4, 0.5) is 26.3 Å². The lowest BCUT2D eigenvalue weighted by Crippen LogP contribution is -2.53. The van der Waals surface area contributed by atoms with E-state index in [9.17, 15) is 31.1 Å². The van der Waals surface area contributed by atoms with Crippen molar-refractivity contribution in [3.8, 4) is 0 Å². The van der Waals surface area contributed by atoms with Crippen molar-refractivity contribution in [3.05, 3.63) is 35.9 Å². The second-order valence-electron chi connectivity index (χ2n) is 6.27. The molecule has 0 spiro atoms. The van der Waals surface area contributed by atoms with Crippen molar-refractivity contribution in [2.24, 2.45) is 5.92 Å². The molecule has 1 aromatic rings. The van der Waals surface area contributed by atoms with Gasteiger partial charge in [-0.05, 0) is 23.8 Å². The molecule has 2 nitrogen and oxygen atoms in total. The number of halogens is 6. The lowest BCUT2D eigenvalue weighted by Gasteiger charge is -2.41. The van der Waals surface area contributed by atoms with E-state index in [1.807, 2.05) is 37.3 Å². The molecule has 24 heavy (non-hydrogen) atoms. The monoisotopic (exact) mass is 353 g/mol. The van der Waals surface area contributed by atoms with Crippen LogP contribution in [-0.2, 0) is 10.2 Å². The van der Waals surface area contributed by atoms with Crippen LogP contribution >= 0.6 is 0 Å². The number of likely N-dealkylation sites (tertiary alicyclic amines) is 1. The number of piperidine rings is 1. The Labute approximate surface area is 135 Å². The molecule has 1 aromatic carbocycles. The summed E-state index contributed by atoms with van der Waals surface area (Å²) in [6, 6.07) is 9.20. The zero-order valence-electron chi connectivity index (χ0n) is 12.9. The summed E-state index contributed by atoms with van der Waals surface area (Å²) in [5.74, 6) is -5.86. The molecule has 0 saturated carbocycles. The van der Waals surface area contributed by atoms with Gasteiger partial charge in [0, 0.05) is 13.1 Å². The Morgan fingerprint density at radius 2 is 1.46 bits per heavy atom. The number of rotatable bonds is 2. The van der Waals surface area contributed by atoms with Crippen molar-refractivity contribution < 1.29 is 31.1 Å². The van der Waals surface area contributed by atoms with Crippen molar-refractivity contribution in [3.63, 3.8) is 0 Å². The molecule has 134 valence electrons. The first kappa shape index (κ1) is 18.6. The topological polar surface area (TPSA) is 20.3 Å². The first-order chi connectivity index (χ1) is 11.0. The van der Waals surface area contributed by atoms with Crippen LogP contribution < -0.4 is 0 Å². The molecule has 1 saturated heterocycles. The molecule has 0 aliphatic carbocycles. The fourth-order valence-electron chi connectivity index (χ4n) is 3.00. The van der Waals surface area contributed by atoms with Crippen molar-refractivity contribution in [2.75, 3.05) is 13.1 Å². The number of hydrogen-bond acceptors (Lipinski definition) is 1. The quantitative estimate of drug-likeness (QED) is 0.726. The van der Waals surface area contributed by atoms with Gasteiger partial charge in [0.05, 0.1) is 0 Å². The van der Waals surface area contributed by atoms with Gasteiger partial charge in [-0.15, -0.1) is 0 Å². The minimum atomic E-state index is -5.64. The normalized spacial score (nSPS) is 18.8. The number of nitrogens with zero attached hydrogens (tertiary/aromatic N) is 1. The van der Waals surface area contributed by atoms with E-state index in [0.717, 1.165) is 5.56 Å². The number of alkyl halides is 6. The highest BCUT2D eigenvalue weighted by Crippen LogP contribution is 2.42. The Balaban J connectivity index is 2.12. The summed E-state index contributed by atoms with van der Waals surface area (Å²) in [6.07, 6.45) is -10.7. The largest absolute Gasteiger partial charge is 0.409 e. The van der Waals surface area contributed by atoms with E-state index < -0.39 is 24.2 Å². The van der Waals surface area contributed by atoms with Crippen LogP contribution in [0.3, 0.4) is 0 Å². The third-order valence-corrected chi connectivity index (χ3v) is 4.55. The minimum Gasteiger partial charge on any atom is -0.342 e. The van der Waals surface area contributed by atoms with Gasteiger partial charge < -0.3 is 4.90 Å². The van der Waals surface area contributed by atoms with Crippen molar-refractivity contribution in [1.82, 2.24) is 4.90 Å². The van der Waals surface area contributed by atoms with E-state index in [1.54, 1.807) is 0 Å². The average molecular weight is 353 g/mol. The van der Waals surface area contributed by atoms with E-state index >= 15 is 0 Å². The average Bonchev–Trinajstić information content (AvgIpc) is 2.46. The van der Waals surface area contributed by atoms with Gasteiger partial charge >= 0.3 is 12.4 Å². The first-order valence-electron chi connectivity index (χ1n) is 7.43. The second-order valence-corrected chi connectivity index (χ2v) is 6.27. The summed E-state index contributed by atoms with van der Waals surface area (Å²) in [4.78, 5) is 12.5. The third-order valence-electron chi connectivity index (χ3n) is 4.55. The molecule has 1 fully saturated rings. The molecule has 0 atom stereocenters. The van der Waals surface area contributed by atoms with Gasteiger partial charge in [0.2, 0.25) is 11.8 Å². The summed E-state index contributed by atoms with van der Waals surface area (Å²) < 4.78 is 76.0. The smallest absolute Gasteiger partial charge is 0.342 e. The Morgan fingerprint density at radius 1 is 1.00 bits per heavy atom. The lowest BCUT2D eigenvalue weighted by molar-refractivity contribution is -0.277. The molecule has 1 aliphatic rings. The van der Waals surface area contributed by atoms with Crippen molar-refractivity contribution in [1.29, 1.82) is 0 Å². The molecule has 1 amide bonds. The van der Waals surface area contributed by atoms with Crippen LogP contribution in [0.1, 0.15) is 25.3 Å². The third kappa shape index (κ3) is 3.84. The molecular weight excluding hydrogens is 336 g/mol. The second kappa shape index (κ2) is 6.29. The highest BCUT2D eigenvalue weighted by Gasteiger charge is 2.62. The van der Waals surface area contributed by atoms with E-state index in [2.05, 4.69) is 0 Å². The van der Waals surface area contributed by atoms with E-state index in [1.165, 1.54) is 0 Å². The SMILES string of the molecule is CC1(c2ccccc2)CCN(C(=O)C(C(F)(F)F)C(F)(F)F)CC1. The molecule has 0 radical (unpaired) electrons. The van der Waals surface area contributed by atoms with Crippen LogP contribution in [0, 0.1) is 5.92 Å². The number of hydrogen-bond donors (Lipinski definition) is 0. The zero-order valence-corrected chi connectivity index (χ0v) is 12.9. The standard InChI is InChI=1S/C16H17F6NO/c1-14(11-5-3-2-4-6-11)7-9-23(10-8-14)13(24)12(15(17,18)19)16(20,21)22/h2-6,12H,7-10H2,1H3. The van der Waals surface area contributed by atoms with Crippen molar-refractivity contribution >= 4 is 5.91 Å². The van der Waals surface area contributed by atoms with Gasteiger partial charge in [-0.1, -0.05) is 37.3 Å². The summed E-state index contributed by atoms with van der Waals surface area (Å²) in [6.45, 7) is 1.63. The Morgan fingerprint density at radius 3 is 1.88 bits per heavy atom. The highest BCUT2D eigenvalue weighted by molar-refractivity contribution is 5.80. The molecule has 0 unspecified atom stereocenters. The number of amides is 1. The van der Waals surface area contributed by atoms with Gasteiger partial charge in [0.15, 0.2) is 0 Å². The van der Waals surface area contributed by atoms with Gasteiger partial charge in [-0.2, -0.15) is 26.3 Å². The van der Waals surface area contributed by atoms with Crippen LogP contribution in [0.5, 0.6) is 0 Å². The molecular formula is C16H17F6NO. The molecule has 0 N–H and O–H groups in total. The fraction of sp³-hybridized carbons (Fsp3) is 0.562. The van der Waals surface area contributed by atoms with Crippen LogP contribution in [0.25, 0.3) is 0 Å². The maximum atomic E-state index is 12.7. The predicted molar refractivity (Wildman–Crippen MR) is 75.2 cm³/mol. The number of carbonyl (C=O) groups excluding carboxylic acids is 1. The fourth-order valence-corrected chi connectivity index (χ4v) is 3.00. The predicted octanol–water partition coefficient (Wildman–Crippen LogP) is 4.31. The highest BCUT2D eigenvalue weighted by atomic mass is 19.4. The lowest BCUT2D eigenvalue weighted by atomic mass is 9.74. The molecule has 2 rings (SSSR count). The van der Waals surface area contributed by atoms with E-state index in [-0.39, 0.29) is 18.5 Å². The molecule has 1 aliphatic heterocycles. The first-order valence-corrected chi connectivity index (χ1v) is 7.43. The van der Waals surface area contributed by atoms with Crippen LogP contribution in [-0.4, -0.2) is 36.2 Å². The summed E-state index contributed by atoms with van der Waals surface area (Å²) >= 11 is 0. The maximum absolute atomic E-state index is 12.7. The van der Waals surface area contributed by atoms with Gasteiger partial charge in [0.1, 0.15) is 0 Å². The molecule has 0 bridgehead atoms. The molecule has 1 heterocycles. The summed E-state index contributed by atoms with van der Waals surface area (Å²) in [5, 5.41) is 0. The van der Waals surface area contributed by atoms with E-state index in [4.69, 9.17) is 0 Å². The zero-order chi connectivity index (χ0) is 18.2. The summed E-state index contributed by atoms with van der Waals surface area (Å²) in [7, 11) is 0. The van der Waals surface area contributed by atoms with Crippen molar-refractivity contribution in [2.45, 2.75) is 37.5 Å². The van der Waals surface area contributed by atoms with Crippen LogP contribution in [0.15, 0.2) is 30.3 Å². The number of benzene rings is 1. The Bertz CT molecular complexity index is 558. The Hall–Kier alpha value is -1.73. The minimum absolute atomic E-state index is 0.132. The van der Waals surface area contributed by atoms with E-state index in [0.29, 0.717) is 17.7 Å². The van der Waals surface area contributed by atoms with Gasteiger partial charge in [0.25, 0.3) is 0 Å². The molecule has 8 heteroatoms. The van der Waals surface area contributed by atoms with Gasteiger partial charge in [-0.25, -0.2) is 0 Å². The van der Waals surface area contributed by atoms with Gasteiger partial charge in [-0.3, -0.25) is 4.79 Å². The number of carbonyl (C=O) groups is 1.